The van der Waals surface area contributed by atoms with Crippen LogP contribution in [0.25, 0.3) is 0 Å². The Morgan fingerprint density at radius 2 is 2.29 bits per heavy atom. The van der Waals surface area contributed by atoms with Crippen LogP contribution in [0.15, 0.2) is 18.2 Å². The molecular weight excluding hydrogens is 170 g/mol. The number of benzene rings is 1. The van der Waals surface area contributed by atoms with Crippen molar-refractivity contribution in [3.63, 3.8) is 0 Å². The smallest absolute Gasteiger partial charge is 0.0300 e. The fourth-order valence-electron chi connectivity index (χ4n) is 2.36. The topological polar surface area (TPSA) is 26.0 Å². The summed E-state index contributed by atoms with van der Waals surface area (Å²) >= 11 is 0. The first-order valence-electron chi connectivity index (χ1n) is 5.69. The summed E-state index contributed by atoms with van der Waals surface area (Å²) in [5.74, 6) is 0. The van der Waals surface area contributed by atoms with Gasteiger partial charge in [-0.3, -0.25) is 0 Å². The van der Waals surface area contributed by atoms with E-state index in [1.807, 2.05) is 0 Å². The SMILES string of the molecule is CCCCc1cccc2c1CC[C@H]2N. The number of fused-ring (bicyclic) bond motifs is 1. The first-order chi connectivity index (χ1) is 6.83. The van der Waals surface area contributed by atoms with Crippen LogP contribution in [0.4, 0.5) is 0 Å². The molecule has 1 aliphatic carbocycles. The van der Waals surface area contributed by atoms with Crippen LogP contribution >= 0.6 is 0 Å². The molecule has 1 nitrogen and oxygen atoms in total. The summed E-state index contributed by atoms with van der Waals surface area (Å²) in [7, 11) is 0. The van der Waals surface area contributed by atoms with Crippen molar-refractivity contribution >= 4 is 0 Å². The predicted molar refractivity (Wildman–Crippen MR) is 60.3 cm³/mol. The molecule has 0 unspecified atom stereocenters. The summed E-state index contributed by atoms with van der Waals surface area (Å²) in [6.07, 6.45) is 6.13. The fraction of sp³-hybridized carbons (Fsp3) is 0.538. The van der Waals surface area contributed by atoms with Crippen molar-refractivity contribution in [2.75, 3.05) is 0 Å². The van der Waals surface area contributed by atoms with E-state index in [1.165, 1.54) is 36.8 Å². The highest BCUT2D eigenvalue weighted by atomic mass is 14.6. The third kappa shape index (κ3) is 1.69. The molecule has 0 bridgehead atoms. The van der Waals surface area contributed by atoms with E-state index in [2.05, 4.69) is 25.1 Å². The lowest BCUT2D eigenvalue weighted by atomic mass is 9.98. The van der Waals surface area contributed by atoms with Gasteiger partial charge < -0.3 is 5.73 Å². The lowest BCUT2D eigenvalue weighted by molar-refractivity contribution is 0.712. The number of aryl methyl sites for hydroxylation is 1. The third-order valence-corrected chi connectivity index (χ3v) is 3.21. The Bertz CT molecular complexity index is 317. The van der Waals surface area contributed by atoms with Gasteiger partial charge in [-0.05, 0) is 42.4 Å². The van der Waals surface area contributed by atoms with Crippen molar-refractivity contribution in [3.05, 3.63) is 34.9 Å². The minimum absolute atomic E-state index is 0.298. The van der Waals surface area contributed by atoms with Gasteiger partial charge in [-0.15, -0.1) is 0 Å². The zero-order valence-electron chi connectivity index (χ0n) is 8.92. The molecule has 76 valence electrons. The Balaban J connectivity index is 2.25. The number of unbranched alkanes of at least 4 members (excludes halogenated alkanes) is 1. The molecule has 0 fully saturated rings. The Morgan fingerprint density at radius 1 is 1.43 bits per heavy atom. The second-order valence-electron chi connectivity index (χ2n) is 4.23. The first-order valence-corrected chi connectivity index (χ1v) is 5.69. The molecule has 1 aromatic carbocycles. The second-order valence-corrected chi connectivity index (χ2v) is 4.23. The van der Waals surface area contributed by atoms with Crippen LogP contribution in [0.2, 0.25) is 0 Å². The minimum atomic E-state index is 0.298. The molecule has 2 rings (SSSR count). The fourth-order valence-corrected chi connectivity index (χ4v) is 2.36. The molecule has 0 saturated carbocycles. The van der Waals surface area contributed by atoms with E-state index in [1.54, 1.807) is 5.56 Å². The van der Waals surface area contributed by atoms with Crippen molar-refractivity contribution in [1.82, 2.24) is 0 Å². The Labute approximate surface area is 86.3 Å². The average molecular weight is 189 g/mol. The van der Waals surface area contributed by atoms with Gasteiger partial charge in [-0.1, -0.05) is 31.5 Å². The Morgan fingerprint density at radius 3 is 3.07 bits per heavy atom. The van der Waals surface area contributed by atoms with Gasteiger partial charge in [0.05, 0.1) is 0 Å². The standard InChI is InChI=1S/C13H19N/c1-2-3-5-10-6-4-7-12-11(10)8-9-13(12)14/h4,6-7,13H,2-3,5,8-9,14H2,1H3/t13-/m1/s1. The predicted octanol–water partition coefficient (Wildman–Crippen LogP) is 2.98. The molecule has 1 heteroatoms. The number of nitrogens with two attached hydrogens (primary N) is 1. The van der Waals surface area contributed by atoms with E-state index in [-0.39, 0.29) is 0 Å². The third-order valence-electron chi connectivity index (χ3n) is 3.21. The van der Waals surface area contributed by atoms with E-state index < -0.39 is 0 Å². The molecule has 0 amide bonds. The molecule has 0 heterocycles. The zero-order valence-corrected chi connectivity index (χ0v) is 8.92. The van der Waals surface area contributed by atoms with Gasteiger partial charge in [-0.25, -0.2) is 0 Å². The molecule has 0 aliphatic heterocycles. The van der Waals surface area contributed by atoms with Crippen molar-refractivity contribution in [1.29, 1.82) is 0 Å². The maximum Gasteiger partial charge on any atom is 0.0300 e. The maximum atomic E-state index is 6.04. The van der Waals surface area contributed by atoms with Gasteiger partial charge in [-0.2, -0.15) is 0 Å². The largest absolute Gasteiger partial charge is 0.324 e. The Hall–Kier alpha value is -0.820. The molecule has 2 N–H and O–H groups in total. The number of hydrogen-bond acceptors (Lipinski definition) is 1. The highest BCUT2D eigenvalue weighted by Gasteiger charge is 2.20. The summed E-state index contributed by atoms with van der Waals surface area (Å²) in [4.78, 5) is 0. The summed E-state index contributed by atoms with van der Waals surface area (Å²) in [5.41, 5.74) is 10.5. The van der Waals surface area contributed by atoms with Crippen LogP contribution in [0.1, 0.15) is 48.9 Å². The highest BCUT2D eigenvalue weighted by Crippen LogP contribution is 2.32. The normalized spacial score (nSPS) is 19.7. The maximum absolute atomic E-state index is 6.04. The lowest BCUT2D eigenvalue weighted by Crippen LogP contribution is -2.05. The molecule has 1 aromatic rings. The van der Waals surface area contributed by atoms with E-state index >= 15 is 0 Å². The molecule has 0 aromatic heterocycles. The number of rotatable bonds is 3. The molecule has 1 atom stereocenters. The van der Waals surface area contributed by atoms with E-state index in [0.717, 1.165) is 6.42 Å². The summed E-state index contributed by atoms with van der Waals surface area (Å²) in [5, 5.41) is 0. The van der Waals surface area contributed by atoms with Crippen molar-refractivity contribution in [2.24, 2.45) is 5.73 Å². The van der Waals surface area contributed by atoms with Crippen LogP contribution in [-0.4, -0.2) is 0 Å². The van der Waals surface area contributed by atoms with Gasteiger partial charge >= 0.3 is 0 Å². The molecule has 0 spiro atoms. The van der Waals surface area contributed by atoms with Gasteiger partial charge in [0.1, 0.15) is 0 Å². The van der Waals surface area contributed by atoms with E-state index in [0.29, 0.717) is 6.04 Å². The second kappa shape index (κ2) is 4.14. The van der Waals surface area contributed by atoms with Crippen LogP contribution in [0, 0.1) is 0 Å². The summed E-state index contributed by atoms with van der Waals surface area (Å²) in [6, 6.07) is 6.93. The van der Waals surface area contributed by atoms with Gasteiger partial charge in [0.25, 0.3) is 0 Å². The molecule has 0 radical (unpaired) electrons. The summed E-state index contributed by atoms with van der Waals surface area (Å²) in [6.45, 7) is 2.24. The minimum Gasteiger partial charge on any atom is -0.324 e. The molecule has 0 saturated heterocycles. The quantitative estimate of drug-likeness (QED) is 0.777. The van der Waals surface area contributed by atoms with Crippen LogP contribution in [0.3, 0.4) is 0 Å². The molecule has 14 heavy (non-hydrogen) atoms. The monoisotopic (exact) mass is 189 g/mol. The van der Waals surface area contributed by atoms with Gasteiger partial charge in [0, 0.05) is 6.04 Å². The van der Waals surface area contributed by atoms with Crippen LogP contribution < -0.4 is 5.73 Å². The van der Waals surface area contributed by atoms with E-state index in [4.69, 9.17) is 5.73 Å². The van der Waals surface area contributed by atoms with E-state index in [9.17, 15) is 0 Å². The van der Waals surface area contributed by atoms with Crippen LogP contribution in [0.5, 0.6) is 0 Å². The average Bonchev–Trinajstić information content (AvgIpc) is 2.58. The Kier molecular flexibility index (Phi) is 2.87. The lowest BCUT2D eigenvalue weighted by Gasteiger charge is -2.08. The highest BCUT2D eigenvalue weighted by molar-refractivity contribution is 5.40. The molecular formula is C13H19N. The van der Waals surface area contributed by atoms with Gasteiger partial charge in [0.2, 0.25) is 0 Å². The first kappa shape index (κ1) is 9.72. The zero-order chi connectivity index (χ0) is 9.97. The van der Waals surface area contributed by atoms with Crippen molar-refractivity contribution < 1.29 is 0 Å². The van der Waals surface area contributed by atoms with Gasteiger partial charge in [0.15, 0.2) is 0 Å². The van der Waals surface area contributed by atoms with Crippen molar-refractivity contribution in [2.45, 2.75) is 45.1 Å². The summed E-state index contributed by atoms with van der Waals surface area (Å²) < 4.78 is 0. The number of hydrogen-bond donors (Lipinski definition) is 1. The van der Waals surface area contributed by atoms with Crippen LogP contribution in [-0.2, 0) is 12.8 Å². The van der Waals surface area contributed by atoms with Crippen molar-refractivity contribution in [3.8, 4) is 0 Å². The molecule has 1 aliphatic rings.